The number of methoxy groups -OCH3 is 2. The number of carbonyl (C=O) groups excluding carboxylic acids is 1. The molecule has 0 saturated carbocycles. The first-order valence-corrected chi connectivity index (χ1v) is 12.8. The van der Waals surface area contributed by atoms with Gasteiger partial charge in [0.1, 0.15) is 6.61 Å². The molecule has 2 aliphatic rings. The Hall–Kier alpha value is -4.63. The van der Waals surface area contributed by atoms with E-state index < -0.39 is 5.82 Å². The number of amides is 1. The molecule has 8 nitrogen and oxygen atoms in total. The number of allylic oxidation sites excluding steroid dienone is 3. The van der Waals surface area contributed by atoms with E-state index in [4.69, 9.17) is 14.2 Å². The van der Waals surface area contributed by atoms with Crippen molar-refractivity contribution in [1.82, 2.24) is 10.6 Å². The van der Waals surface area contributed by atoms with Crippen molar-refractivity contribution >= 4 is 17.3 Å². The lowest BCUT2D eigenvalue weighted by atomic mass is 9.94. The predicted octanol–water partition coefficient (Wildman–Crippen LogP) is 4.72. The Morgan fingerprint density at radius 2 is 1.95 bits per heavy atom. The topological polar surface area (TPSA) is 93.2 Å². The number of halogens is 1. The average Bonchev–Trinajstić information content (AvgIpc) is 2.97. The van der Waals surface area contributed by atoms with Crippen LogP contribution in [0.3, 0.4) is 0 Å². The second kappa shape index (κ2) is 13.4. The lowest BCUT2D eigenvalue weighted by Gasteiger charge is -2.27. The second-order valence-electron chi connectivity index (χ2n) is 9.08. The summed E-state index contributed by atoms with van der Waals surface area (Å²) in [4.78, 5) is 16.9. The van der Waals surface area contributed by atoms with Crippen molar-refractivity contribution in [3.8, 4) is 5.75 Å². The highest BCUT2D eigenvalue weighted by atomic mass is 19.1. The summed E-state index contributed by atoms with van der Waals surface area (Å²) < 4.78 is 30.7. The molecule has 1 amide bonds. The molecule has 3 N–H and O–H groups in total. The number of rotatable bonds is 11. The van der Waals surface area contributed by atoms with Gasteiger partial charge in [-0.3, -0.25) is 9.79 Å². The zero-order valence-corrected chi connectivity index (χ0v) is 22.6. The van der Waals surface area contributed by atoms with Gasteiger partial charge in [-0.1, -0.05) is 37.4 Å². The average molecular weight is 545 g/mol. The first-order valence-electron chi connectivity index (χ1n) is 12.8. The zero-order valence-electron chi connectivity index (χ0n) is 22.6. The molecule has 4 rings (SSSR count). The molecule has 9 heteroatoms. The van der Waals surface area contributed by atoms with Crippen LogP contribution < -0.4 is 20.7 Å². The molecule has 0 radical (unpaired) electrons. The summed E-state index contributed by atoms with van der Waals surface area (Å²) in [5.74, 6) is 0.239. The minimum Gasteiger partial charge on any atom is -0.493 e. The standard InChI is InChI=1S/C31H33FN4O4/c1-20-16-29(38-3)30(39-4)18-26(20)33-13-7-15-40-28-11-10-23(17-25(28)32)36-21(2)31(37)35-19-27-24-9-6-5-8-22(24)12-14-34-27/h5-11,13,16-18,27,34,36H,1-2,12,14-15,19H2,3-4H3,(H,35,37)/b13-7-,33-26?. The Kier molecular flexibility index (Phi) is 9.53. The van der Waals surface area contributed by atoms with Gasteiger partial charge in [-0.25, -0.2) is 4.39 Å². The van der Waals surface area contributed by atoms with Crippen molar-refractivity contribution in [2.45, 2.75) is 12.5 Å². The first-order chi connectivity index (χ1) is 19.4. The normalized spacial score (nSPS) is 17.5. The van der Waals surface area contributed by atoms with Gasteiger partial charge in [-0.2, -0.15) is 0 Å². The number of ether oxygens (including phenoxy) is 3. The second-order valence-corrected chi connectivity index (χ2v) is 9.08. The molecule has 1 atom stereocenters. The van der Waals surface area contributed by atoms with E-state index in [2.05, 4.69) is 46.2 Å². The summed E-state index contributed by atoms with van der Waals surface area (Å²) in [5.41, 5.74) is 4.24. The van der Waals surface area contributed by atoms with E-state index in [1.54, 1.807) is 44.7 Å². The Morgan fingerprint density at radius 1 is 1.18 bits per heavy atom. The van der Waals surface area contributed by atoms with Crippen LogP contribution in [0.25, 0.3) is 0 Å². The van der Waals surface area contributed by atoms with Gasteiger partial charge in [0.2, 0.25) is 0 Å². The predicted molar refractivity (Wildman–Crippen MR) is 154 cm³/mol. The molecule has 2 aromatic carbocycles. The van der Waals surface area contributed by atoms with Crippen molar-refractivity contribution < 1.29 is 23.4 Å². The number of hydrogen-bond acceptors (Lipinski definition) is 7. The van der Waals surface area contributed by atoms with Crippen LogP contribution >= 0.6 is 0 Å². The molecule has 2 aromatic rings. The lowest BCUT2D eigenvalue weighted by Crippen LogP contribution is -2.39. The van der Waals surface area contributed by atoms with Crippen LogP contribution in [-0.4, -0.2) is 45.5 Å². The summed E-state index contributed by atoms with van der Waals surface area (Å²) >= 11 is 0. The highest BCUT2D eigenvalue weighted by Gasteiger charge is 2.20. The first kappa shape index (κ1) is 28.4. The van der Waals surface area contributed by atoms with Gasteiger partial charge < -0.3 is 30.2 Å². The van der Waals surface area contributed by atoms with E-state index in [-0.39, 0.29) is 30.0 Å². The van der Waals surface area contributed by atoms with Crippen LogP contribution in [0.15, 0.2) is 108 Å². The number of hydrogen-bond donors (Lipinski definition) is 3. The van der Waals surface area contributed by atoms with E-state index in [9.17, 15) is 9.18 Å². The van der Waals surface area contributed by atoms with Crippen LogP contribution in [-0.2, 0) is 20.7 Å². The molecule has 1 aliphatic heterocycles. The van der Waals surface area contributed by atoms with E-state index in [0.717, 1.165) is 13.0 Å². The molecule has 0 saturated heterocycles. The highest BCUT2D eigenvalue weighted by molar-refractivity contribution is 6.12. The van der Waals surface area contributed by atoms with Gasteiger partial charge in [0, 0.05) is 36.6 Å². The summed E-state index contributed by atoms with van der Waals surface area (Å²) in [6, 6.07) is 12.6. The Bertz CT molecular complexity index is 1410. The maximum Gasteiger partial charge on any atom is 0.267 e. The number of nitrogens with zero attached hydrogens (tertiary/aromatic N) is 1. The fourth-order valence-electron chi connectivity index (χ4n) is 4.35. The van der Waals surface area contributed by atoms with Crippen molar-refractivity contribution in [2.24, 2.45) is 4.99 Å². The number of fused-ring (bicyclic) bond motifs is 1. The maximum absolute atomic E-state index is 14.6. The number of nitrogens with one attached hydrogen (secondary N) is 3. The van der Waals surface area contributed by atoms with Crippen LogP contribution in [0.2, 0.25) is 0 Å². The quantitative estimate of drug-likeness (QED) is 0.355. The Morgan fingerprint density at radius 3 is 2.73 bits per heavy atom. The number of benzene rings is 2. The fourth-order valence-corrected chi connectivity index (χ4v) is 4.35. The molecule has 1 heterocycles. The Balaban J connectivity index is 1.25. The van der Waals surface area contributed by atoms with Crippen molar-refractivity contribution in [3.63, 3.8) is 0 Å². The van der Waals surface area contributed by atoms with Gasteiger partial charge in [-0.15, -0.1) is 0 Å². The molecule has 208 valence electrons. The third-order valence-electron chi connectivity index (χ3n) is 6.42. The smallest absolute Gasteiger partial charge is 0.267 e. The highest BCUT2D eigenvalue weighted by Crippen LogP contribution is 2.24. The molecule has 40 heavy (non-hydrogen) atoms. The third-order valence-corrected chi connectivity index (χ3v) is 6.42. The largest absolute Gasteiger partial charge is 0.493 e. The summed E-state index contributed by atoms with van der Waals surface area (Å²) in [6.07, 6.45) is 7.61. The molecule has 0 bridgehead atoms. The van der Waals surface area contributed by atoms with Crippen molar-refractivity contribution in [1.29, 1.82) is 0 Å². The molecule has 0 fully saturated rings. The monoisotopic (exact) mass is 544 g/mol. The van der Waals surface area contributed by atoms with E-state index in [0.29, 0.717) is 35.0 Å². The van der Waals surface area contributed by atoms with Crippen molar-refractivity contribution in [3.05, 3.63) is 120 Å². The number of anilines is 1. The van der Waals surface area contributed by atoms with Gasteiger partial charge in [0.15, 0.2) is 23.1 Å². The molecule has 1 aliphatic carbocycles. The molecule has 0 aromatic heterocycles. The Labute approximate surface area is 233 Å². The van der Waals surface area contributed by atoms with Crippen molar-refractivity contribution in [2.75, 3.05) is 39.2 Å². The van der Waals surface area contributed by atoms with Gasteiger partial charge in [0.05, 0.1) is 25.6 Å². The van der Waals surface area contributed by atoms with Crippen LogP contribution in [0.5, 0.6) is 5.75 Å². The molecular formula is C31H33FN4O4. The van der Waals surface area contributed by atoms with Crippen LogP contribution in [0.1, 0.15) is 17.2 Å². The van der Waals surface area contributed by atoms with Crippen LogP contribution in [0, 0.1) is 5.82 Å². The third kappa shape index (κ3) is 7.06. The summed E-state index contributed by atoms with van der Waals surface area (Å²) in [7, 11) is 3.10. The van der Waals surface area contributed by atoms with Gasteiger partial charge in [0.25, 0.3) is 5.91 Å². The minimum atomic E-state index is -0.577. The molecule has 1 unspecified atom stereocenters. The maximum atomic E-state index is 14.6. The molecular weight excluding hydrogens is 511 g/mol. The summed E-state index contributed by atoms with van der Waals surface area (Å²) in [5, 5.41) is 9.17. The lowest BCUT2D eigenvalue weighted by molar-refractivity contribution is -0.117. The SMILES string of the molecule is C=C1C=C(OC)C(OC)=CC1=N/C=C\COc1ccc(NC(=C)C(=O)NCC2NCCc3ccccc32)cc1F. The van der Waals surface area contributed by atoms with Crippen LogP contribution in [0.4, 0.5) is 10.1 Å². The van der Waals surface area contributed by atoms with E-state index in [1.165, 1.54) is 23.3 Å². The summed E-state index contributed by atoms with van der Waals surface area (Å²) in [6.45, 7) is 9.12. The minimum absolute atomic E-state index is 0.0251. The van der Waals surface area contributed by atoms with E-state index >= 15 is 0 Å². The van der Waals surface area contributed by atoms with Gasteiger partial charge >= 0.3 is 0 Å². The number of aliphatic imine (C=N–C) groups is 1. The fraction of sp³-hybridized carbons (Fsp3) is 0.226. The van der Waals surface area contributed by atoms with Gasteiger partial charge in [-0.05, 0) is 54.0 Å². The number of carbonyl (C=O) groups is 1. The van der Waals surface area contributed by atoms with E-state index in [1.807, 2.05) is 12.1 Å². The molecule has 0 spiro atoms. The zero-order chi connectivity index (χ0) is 28.5.